The van der Waals surface area contributed by atoms with Gasteiger partial charge in [-0.05, 0) is 60.2 Å². The van der Waals surface area contributed by atoms with E-state index in [0.29, 0.717) is 17.2 Å². The van der Waals surface area contributed by atoms with E-state index in [1.54, 1.807) is 12.1 Å². The molecule has 256 valence electrons. The van der Waals surface area contributed by atoms with Crippen LogP contribution in [-0.4, -0.2) is 53.7 Å². The van der Waals surface area contributed by atoms with E-state index in [0.717, 1.165) is 42.6 Å². The summed E-state index contributed by atoms with van der Waals surface area (Å²) < 4.78 is 117. The molecular weight excluding hydrogens is 722 g/mol. The number of hydrogen-bond donors (Lipinski definition) is 1. The molecule has 4 aromatic rings. The van der Waals surface area contributed by atoms with Crippen molar-refractivity contribution in [3.63, 3.8) is 0 Å². The summed E-state index contributed by atoms with van der Waals surface area (Å²) in [6, 6.07) is 9.96. The predicted molar refractivity (Wildman–Crippen MR) is 157 cm³/mol. The number of amides is 1. The van der Waals surface area contributed by atoms with Gasteiger partial charge in [0.25, 0.3) is 5.91 Å². The fourth-order valence-electron chi connectivity index (χ4n) is 3.92. The molecule has 1 heterocycles. The maximum Gasteiger partial charge on any atom is 0.416 e. The quantitative estimate of drug-likeness (QED) is 0.0926. The van der Waals surface area contributed by atoms with Crippen molar-refractivity contribution in [1.29, 1.82) is 0 Å². The van der Waals surface area contributed by atoms with Crippen molar-refractivity contribution in [1.82, 2.24) is 14.9 Å². The molecule has 0 aliphatic carbocycles. The molecule has 9 nitrogen and oxygen atoms in total. The minimum atomic E-state index is -5.08. The van der Waals surface area contributed by atoms with Gasteiger partial charge in [-0.25, -0.2) is 27.6 Å². The van der Waals surface area contributed by atoms with Gasteiger partial charge < -0.3 is 4.90 Å². The zero-order valence-electron chi connectivity index (χ0n) is 24.2. The number of nitrogens with zero attached hydrogens (tertiary/aromatic N) is 3. The number of carbonyl (C=O) groups excluding carboxylic acids is 2. The minimum absolute atomic E-state index is 0.0439. The van der Waals surface area contributed by atoms with Crippen molar-refractivity contribution in [3.05, 3.63) is 111 Å². The fourth-order valence-corrected chi connectivity index (χ4v) is 4.87. The number of sulfone groups is 1. The Hall–Kier alpha value is -4.32. The Bertz CT molecular complexity index is 1930. The molecule has 0 radical (unpaired) electrons. The van der Waals surface area contributed by atoms with Crippen molar-refractivity contribution in [2.24, 2.45) is 0 Å². The Morgan fingerprint density at radius 3 is 2.04 bits per heavy atom. The minimum Gasteiger partial charge on any atom is -0.337 e. The first-order valence-electron chi connectivity index (χ1n) is 12.8. The largest absolute Gasteiger partial charge is 0.416 e. The first-order chi connectivity index (χ1) is 22.1. The topological polar surface area (TPSA) is 127 Å². The number of benzene rings is 3. The molecule has 3 aromatic carbocycles. The summed E-state index contributed by atoms with van der Waals surface area (Å²) in [6.45, 7) is -0.698. The number of rotatable bonds is 6. The van der Waals surface area contributed by atoms with Gasteiger partial charge in [-0.15, -0.1) is 0 Å². The number of halogens is 9. The fraction of sp³-hybridized carbons (Fsp3) is 0.172. The van der Waals surface area contributed by atoms with Crippen molar-refractivity contribution in [2.75, 3.05) is 13.3 Å². The van der Waals surface area contributed by atoms with Crippen molar-refractivity contribution in [2.45, 2.75) is 24.1 Å². The Kier molecular flexibility index (Phi) is 11.8. The second-order valence-electron chi connectivity index (χ2n) is 9.78. The van der Waals surface area contributed by atoms with E-state index < -0.39 is 68.3 Å². The molecule has 0 aliphatic heterocycles. The van der Waals surface area contributed by atoms with Crippen LogP contribution in [0.25, 0.3) is 11.3 Å². The standard InChI is InChI=1S/C22H15ClF7N3O3S.C7H5ClO3/c1-33(10-11-5-12(21(25,26)27)7-13(6-11)22(28,29)30)19(34)16-9-31-20(37(2,35)36)32-18(16)15-4-3-14(24)8-17(15)23;8-6-3-1-2-5(4-6)7(9)11-10/h3-9H,10H2,1-2H3;1-4,10H. The van der Waals surface area contributed by atoms with Gasteiger partial charge in [0.05, 0.1) is 33.0 Å². The average molecular weight is 742 g/mol. The molecule has 0 spiro atoms. The number of carbonyl (C=O) groups is 2. The third-order valence-electron chi connectivity index (χ3n) is 6.07. The monoisotopic (exact) mass is 741 g/mol. The molecular formula is C29H20Cl2F7N3O6S. The average Bonchev–Trinajstić information content (AvgIpc) is 2.99. The van der Waals surface area contributed by atoms with Crippen LogP contribution in [0.2, 0.25) is 10.0 Å². The first-order valence-corrected chi connectivity index (χ1v) is 15.4. The van der Waals surface area contributed by atoms with Gasteiger partial charge in [0, 0.05) is 36.6 Å². The zero-order valence-corrected chi connectivity index (χ0v) is 26.5. The lowest BCUT2D eigenvalue weighted by Gasteiger charge is -2.21. The highest BCUT2D eigenvalue weighted by Crippen LogP contribution is 2.37. The summed E-state index contributed by atoms with van der Waals surface area (Å²) >= 11 is 11.6. The van der Waals surface area contributed by atoms with Crippen molar-refractivity contribution in [3.8, 4) is 11.3 Å². The summed E-state index contributed by atoms with van der Waals surface area (Å²) in [6.07, 6.45) is -8.55. The van der Waals surface area contributed by atoms with E-state index in [9.17, 15) is 48.7 Å². The van der Waals surface area contributed by atoms with Gasteiger partial charge >= 0.3 is 18.3 Å². The van der Waals surface area contributed by atoms with Crippen LogP contribution >= 0.6 is 23.2 Å². The highest BCUT2D eigenvalue weighted by Gasteiger charge is 2.37. The third kappa shape index (κ3) is 9.85. The molecule has 1 N–H and O–H groups in total. The lowest BCUT2D eigenvalue weighted by Crippen LogP contribution is -2.28. The van der Waals surface area contributed by atoms with Crippen LogP contribution < -0.4 is 0 Å². The van der Waals surface area contributed by atoms with Crippen LogP contribution in [0.4, 0.5) is 30.7 Å². The van der Waals surface area contributed by atoms with E-state index in [4.69, 9.17) is 28.5 Å². The number of aromatic nitrogens is 2. The Balaban J connectivity index is 0.000000480. The maximum absolute atomic E-state index is 13.5. The van der Waals surface area contributed by atoms with Gasteiger partial charge in [0.2, 0.25) is 15.0 Å². The van der Waals surface area contributed by atoms with Crippen molar-refractivity contribution < 1.29 is 58.9 Å². The molecule has 19 heteroatoms. The van der Waals surface area contributed by atoms with Crippen molar-refractivity contribution >= 4 is 44.9 Å². The molecule has 4 rings (SSSR count). The Labute approximate surface area is 277 Å². The molecule has 0 fully saturated rings. The van der Waals surface area contributed by atoms with E-state index in [1.807, 2.05) is 0 Å². The van der Waals surface area contributed by atoms with E-state index in [2.05, 4.69) is 14.9 Å². The molecule has 48 heavy (non-hydrogen) atoms. The van der Waals surface area contributed by atoms with E-state index >= 15 is 0 Å². The summed E-state index contributed by atoms with van der Waals surface area (Å²) in [7, 11) is -2.89. The normalized spacial score (nSPS) is 11.8. The van der Waals surface area contributed by atoms with Gasteiger partial charge in [0.1, 0.15) is 5.82 Å². The molecule has 0 unspecified atom stereocenters. The van der Waals surface area contributed by atoms with Crippen LogP contribution in [0, 0.1) is 5.82 Å². The first kappa shape index (κ1) is 38.1. The summed E-state index contributed by atoms with van der Waals surface area (Å²) in [4.78, 5) is 35.6. The van der Waals surface area contributed by atoms with Crippen LogP contribution in [0.1, 0.15) is 37.4 Å². The molecule has 0 atom stereocenters. The summed E-state index contributed by atoms with van der Waals surface area (Å²) in [5.41, 5.74) is -4.15. The van der Waals surface area contributed by atoms with E-state index in [-0.39, 0.29) is 33.5 Å². The summed E-state index contributed by atoms with van der Waals surface area (Å²) in [5, 5.41) is 7.46. The molecule has 0 aliphatic rings. The third-order valence-corrected chi connectivity index (χ3v) is 7.48. The maximum atomic E-state index is 13.5. The SMILES string of the molecule is CN(Cc1cc(C(F)(F)F)cc(C(F)(F)F)c1)C(=O)c1cnc(S(C)(=O)=O)nc1-c1ccc(F)cc1Cl.O=C(OO)c1cccc(Cl)c1. The highest BCUT2D eigenvalue weighted by molar-refractivity contribution is 7.90. The zero-order chi connectivity index (χ0) is 36.2. The predicted octanol–water partition coefficient (Wildman–Crippen LogP) is 7.62. The van der Waals surface area contributed by atoms with Gasteiger partial charge in [-0.2, -0.15) is 31.6 Å². The van der Waals surface area contributed by atoms with Crippen LogP contribution in [0.5, 0.6) is 0 Å². The summed E-state index contributed by atoms with van der Waals surface area (Å²) in [5.74, 6) is -2.55. The highest BCUT2D eigenvalue weighted by atomic mass is 35.5. The Morgan fingerprint density at radius 2 is 1.54 bits per heavy atom. The van der Waals surface area contributed by atoms with Crippen LogP contribution in [-0.2, 0) is 33.6 Å². The molecule has 0 saturated carbocycles. The second kappa shape index (κ2) is 14.8. The number of alkyl halides is 6. The lowest BCUT2D eigenvalue weighted by molar-refractivity contribution is -0.182. The lowest BCUT2D eigenvalue weighted by atomic mass is 10.0. The molecule has 1 amide bonds. The smallest absolute Gasteiger partial charge is 0.337 e. The molecule has 1 aromatic heterocycles. The molecule has 0 saturated heterocycles. The second-order valence-corrected chi connectivity index (χ2v) is 12.5. The molecule has 0 bridgehead atoms. The van der Waals surface area contributed by atoms with Crippen LogP contribution in [0.3, 0.4) is 0 Å². The Morgan fingerprint density at radius 1 is 0.938 bits per heavy atom. The van der Waals surface area contributed by atoms with Gasteiger partial charge in [-0.1, -0.05) is 29.3 Å². The van der Waals surface area contributed by atoms with Gasteiger partial charge in [0.15, 0.2) is 0 Å². The van der Waals surface area contributed by atoms with E-state index in [1.165, 1.54) is 12.1 Å². The number of hydrogen-bond acceptors (Lipinski definition) is 8. The van der Waals surface area contributed by atoms with Gasteiger partial charge in [-0.3, -0.25) is 9.68 Å². The van der Waals surface area contributed by atoms with Crippen LogP contribution in [0.15, 0.2) is 72.0 Å².